The fourth-order valence-corrected chi connectivity index (χ4v) is 1.20. The smallest absolute Gasteiger partial charge is 0.349 e. The van der Waals surface area contributed by atoms with Gasteiger partial charge in [-0.2, -0.15) is 0 Å². The van der Waals surface area contributed by atoms with Gasteiger partial charge in [-0.25, -0.2) is 4.79 Å². The number of nitrogens with zero attached hydrogens (tertiary/aromatic N) is 2. The highest BCUT2D eigenvalue weighted by Gasteiger charge is 2.19. The first-order valence-electron chi connectivity index (χ1n) is 3.25. The third-order valence-electron chi connectivity index (χ3n) is 1.27. The molecule has 0 aromatic carbocycles. The molecular formula is C6H6N2O3S. The predicted octanol–water partition coefficient (Wildman–Crippen LogP) is 0.829. The summed E-state index contributed by atoms with van der Waals surface area (Å²) in [6.45, 7) is 1.65. The SMILES string of the molecule is CCC(=O)c1nnsc1C(=O)O. The molecule has 0 aliphatic heterocycles. The van der Waals surface area contributed by atoms with Gasteiger partial charge in [0.1, 0.15) is 0 Å². The number of ketones is 1. The van der Waals surface area contributed by atoms with Crippen LogP contribution in [0.2, 0.25) is 0 Å². The largest absolute Gasteiger partial charge is 0.477 e. The number of carboxylic acid groups (broad SMARTS) is 1. The van der Waals surface area contributed by atoms with Gasteiger partial charge in [0.2, 0.25) is 0 Å². The molecule has 0 atom stereocenters. The molecule has 1 N–H and O–H groups in total. The van der Waals surface area contributed by atoms with E-state index in [-0.39, 0.29) is 22.8 Å². The zero-order valence-electron chi connectivity index (χ0n) is 6.27. The molecular weight excluding hydrogens is 180 g/mol. The van der Waals surface area contributed by atoms with Crippen molar-refractivity contribution in [1.82, 2.24) is 9.59 Å². The number of aromatic carboxylic acids is 1. The van der Waals surface area contributed by atoms with Gasteiger partial charge in [0.25, 0.3) is 0 Å². The van der Waals surface area contributed by atoms with E-state index in [4.69, 9.17) is 5.11 Å². The van der Waals surface area contributed by atoms with Crippen LogP contribution < -0.4 is 0 Å². The Hall–Kier alpha value is -1.30. The molecule has 6 heteroatoms. The van der Waals surface area contributed by atoms with Gasteiger partial charge in [0.15, 0.2) is 16.4 Å². The average molecular weight is 186 g/mol. The van der Waals surface area contributed by atoms with Gasteiger partial charge >= 0.3 is 5.97 Å². The Bertz CT molecular complexity index is 320. The third-order valence-corrected chi connectivity index (χ3v) is 1.98. The zero-order chi connectivity index (χ0) is 9.14. The van der Waals surface area contributed by atoms with Gasteiger partial charge in [-0.3, -0.25) is 4.79 Å². The van der Waals surface area contributed by atoms with Gasteiger partial charge in [-0.05, 0) is 11.5 Å². The van der Waals surface area contributed by atoms with Gasteiger partial charge in [0.05, 0.1) is 0 Å². The highest BCUT2D eigenvalue weighted by atomic mass is 32.1. The summed E-state index contributed by atoms with van der Waals surface area (Å²) in [5.41, 5.74) is -0.0324. The van der Waals surface area contributed by atoms with Crippen LogP contribution in [0.5, 0.6) is 0 Å². The van der Waals surface area contributed by atoms with Crippen molar-refractivity contribution in [3.05, 3.63) is 10.6 Å². The van der Waals surface area contributed by atoms with Crippen molar-refractivity contribution < 1.29 is 14.7 Å². The first-order valence-corrected chi connectivity index (χ1v) is 4.03. The second-order valence-corrected chi connectivity index (χ2v) is 2.79. The second kappa shape index (κ2) is 3.40. The van der Waals surface area contributed by atoms with E-state index in [0.29, 0.717) is 0 Å². The predicted molar refractivity (Wildman–Crippen MR) is 41.5 cm³/mol. The van der Waals surface area contributed by atoms with E-state index >= 15 is 0 Å². The van der Waals surface area contributed by atoms with Crippen molar-refractivity contribution in [2.75, 3.05) is 0 Å². The molecule has 12 heavy (non-hydrogen) atoms. The number of carboxylic acids is 1. The fraction of sp³-hybridized carbons (Fsp3) is 0.333. The van der Waals surface area contributed by atoms with Crippen LogP contribution in [0.1, 0.15) is 33.5 Å². The summed E-state index contributed by atoms with van der Waals surface area (Å²) >= 11 is 0.720. The van der Waals surface area contributed by atoms with Crippen LogP contribution >= 0.6 is 11.5 Å². The summed E-state index contributed by atoms with van der Waals surface area (Å²) in [6, 6.07) is 0. The summed E-state index contributed by atoms with van der Waals surface area (Å²) in [6.07, 6.45) is 0.242. The van der Waals surface area contributed by atoms with Gasteiger partial charge in [-0.15, -0.1) is 5.10 Å². The first kappa shape index (κ1) is 8.79. The summed E-state index contributed by atoms with van der Waals surface area (Å²) < 4.78 is 3.40. The number of hydrogen-bond acceptors (Lipinski definition) is 5. The Balaban J connectivity index is 3.07. The minimum absolute atomic E-state index is 0.0324. The van der Waals surface area contributed by atoms with E-state index in [2.05, 4.69) is 9.59 Å². The van der Waals surface area contributed by atoms with Crippen LogP contribution in [0.3, 0.4) is 0 Å². The molecule has 0 amide bonds. The Morgan fingerprint density at radius 3 is 2.75 bits per heavy atom. The average Bonchev–Trinajstić information content (AvgIpc) is 2.50. The Labute approximate surface area is 72.2 Å². The lowest BCUT2D eigenvalue weighted by Crippen LogP contribution is -2.05. The molecule has 0 radical (unpaired) electrons. The van der Waals surface area contributed by atoms with Crippen molar-refractivity contribution in [2.45, 2.75) is 13.3 Å². The molecule has 1 heterocycles. The summed E-state index contributed by atoms with van der Waals surface area (Å²) in [4.78, 5) is 21.4. The van der Waals surface area contributed by atoms with Crippen LogP contribution in [0, 0.1) is 0 Å². The molecule has 0 bridgehead atoms. The van der Waals surface area contributed by atoms with Gasteiger partial charge < -0.3 is 5.11 Å². The maximum absolute atomic E-state index is 11.0. The van der Waals surface area contributed by atoms with Gasteiger partial charge in [-0.1, -0.05) is 11.4 Å². The standard InChI is InChI=1S/C6H6N2O3S/c1-2-3(9)4-5(6(10)11)12-8-7-4/h2H2,1H3,(H,10,11). The lowest BCUT2D eigenvalue weighted by molar-refractivity contribution is 0.0697. The van der Waals surface area contributed by atoms with Crippen molar-refractivity contribution in [2.24, 2.45) is 0 Å². The van der Waals surface area contributed by atoms with Crippen LogP contribution in [0.15, 0.2) is 0 Å². The summed E-state index contributed by atoms with van der Waals surface area (Å²) in [5, 5.41) is 12.0. The number of carbonyl (C=O) groups excluding carboxylic acids is 1. The number of aromatic nitrogens is 2. The quantitative estimate of drug-likeness (QED) is 0.707. The topological polar surface area (TPSA) is 80.2 Å². The van der Waals surface area contributed by atoms with E-state index in [0.717, 1.165) is 11.5 Å². The maximum atomic E-state index is 11.0. The fourth-order valence-electron chi connectivity index (χ4n) is 0.681. The third kappa shape index (κ3) is 1.48. The molecule has 0 spiro atoms. The number of hydrogen-bond donors (Lipinski definition) is 1. The second-order valence-electron chi connectivity index (χ2n) is 2.03. The minimum Gasteiger partial charge on any atom is -0.477 e. The van der Waals surface area contributed by atoms with Crippen LogP contribution in [-0.2, 0) is 0 Å². The molecule has 0 saturated heterocycles. The Morgan fingerprint density at radius 1 is 1.58 bits per heavy atom. The van der Waals surface area contributed by atoms with E-state index in [1.165, 1.54) is 0 Å². The molecule has 64 valence electrons. The normalized spacial score (nSPS) is 9.75. The number of carbonyl (C=O) groups is 2. The zero-order valence-corrected chi connectivity index (χ0v) is 7.09. The van der Waals surface area contributed by atoms with E-state index in [9.17, 15) is 9.59 Å². The molecule has 0 aliphatic rings. The van der Waals surface area contributed by atoms with Crippen molar-refractivity contribution in [3.63, 3.8) is 0 Å². The highest BCUT2D eigenvalue weighted by molar-refractivity contribution is 7.08. The highest BCUT2D eigenvalue weighted by Crippen LogP contribution is 2.11. The monoisotopic (exact) mass is 186 g/mol. The molecule has 1 rings (SSSR count). The molecule has 0 fully saturated rings. The molecule has 0 aliphatic carbocycles. The minimum atomic E-state index is -1.15. The number of Topliss-reactive ketones (excluding diaryl/α,β-unsaturated/α-hetero) is 1. The first-order chi connectivity index (χ1) is 5.66. The van der Waals surface area contributed by atoms with Crippen molar-refractivity contribution in [1.29, 1.82) is 0 Å². The Kier molecular flexibility index (Phi) is 2.49. The van der Waals surface area contributed by atoms with Crippen molar-refractivity contribution in [3.8, 4) is 0 Å². The van der Waals surface area contributed by atoms with E-state index in [1.54, 1.807) is 6.92 Å². The summed E-state index contributed by atoms with van der Waals surface area (Å²) in [5.74, 6) is -1.44. The molecule has 1 aromatic rings. The van der Waals surface area contributed by atoms with Crippen molar-refractivity contribution >= 4 is 23.3 Å². The molecule has 1 aromatic heterocycles. The molecule has 0 unspecified atom stereocenters. The number of rotatable bonds is 3. The Morgan fingerprint density at radius 2 is 2.25 bits per heavy atom. The van der Waals surface area contributed by atoms with Crippen LogP contribution in [0.4, 0.5) is 0 Å². The van der Waals surface area contributed by atoms with E-state index < -0.39 is 5.97 Å². The van der Waals surface area contributed by atoms with Crippen LogP contribution in [0.25, 0.3) is 0 Å². The van der Waals surface area contributed by atoms with E-state index in [1.807, 2.05) is 0 Å². The molecule has 5 nitrogen and oxygen atoms in total. The lowest BCUT2D eigenvalue weighted by atomic mass is 10.2. The summed E-state index contributed by atoms with van der Waals surface area (Å²) in [7, 11) is 0. The van der Waals surface area contributed by atoms with Crippen LogP contribution in [-0.4, -0.2) is 26.4 Å². The lowest BCUT2D eigenvalue weighted by Gasteiger charge is -1.90. The van der Waals surface area contributed by atoms with Gasteiger partial charge in [0, 0.05) is 6.42 Å². The molecule has 0 saturated carbocycles. The maximum Gasteiger partial charge on any atom is 0.349 e.